The van der Waals surface area contributed by atoms with E-state index in [9.17, 15) is 17.2 Å². The molecule has 0 radical (unpaired) electrons. The van der Waals surface area contributed by atoms with Gasteiger partial charge in [-0.15, -0.1) is 10.2 Å². The molecular weight excluding hydrogens is 502 g/mol. The summed E-state index contributed by atoms with van der Waals surface area (Å²) in [4.78, 5) is 6.63. The lowest BCUT2D eigenvalue weighted by molar-refractivity contribution is -0.124. The number of rotatable bonds is 6. The number of alkyl halides is 2. The number of aromatic nitrogens is 4. The Labute approximate surface area is 204 Å². The third kappa shape index (κ3) is 4.00. The Morgan fingerprint density at radius 1 is 1.14 bits per heavy atom. The molecule has 0 aliphatic carbocycles. The van der Waals surface area contributed by atoms with Crippen LogP contribution in [0.25, 0.3) is 16.3 Å². The zero-order valence-electron chi connectivity index (χ0n) is 18.9. The predicted molar refractivity (Wildman–Crippen MR) is 123 cm³/mol. The summed E-state index contributed by atoms with van der Waals surface area (Å²) in [7, 11) is -3.91. The molecule has 0 amide bonds. The summed E-state index contributed by atoms with van der Waals surface area (Å²) in [6.45, 7) is 5.37. The number of pyridine rings is 1. The lowest BCUT2D eigenvalue weighted by atomic mass is 9.77. The van der Waals surface area contributed by atoms with E-state index >= 15 is 0 Å². The van der Waals surface area contributed by atoms with Gasteiger partial charge in [0.1, 0.15) is 4.90 Å². The standard InChI is InChI=1S/C21H24F2N6O4S2/c1-20(9-32-10-20)27-35(30,31)13-6-14(28-4-2-21(3-5-28)11-33-12-21)15-7-24-17(29(15)8-13)19-26-25-18(34-19)16(22)23/h6-8,16,27H,2-5,9-12H2,1H3. The van der Waals surface area contributed by atoms with Crippen molar-refractivity contribution in [3.8, 4) is 10.8 Å². The van der Waals surface area contributed by atoms with E-state index in [0.717, 1.165) is 56.2 Å². The minimum Gasteiger partial charge on any atom is -0.380 e. The molecular formula is C21H24F2N6O4S2. The van der Waals surface area contributed by atoms with Gasteiger partial charge in [0.05, 0.1) is 49.4 Å². The largest absolute Gasteiger partial charge is 0.380 e. The molecule has 14 heteroatoms. The Balaban J connectivity index is 1.44. The van der Waals surface area contributed by atoms with Crippen molar-refractivity contribution in [1.82, 2.24) is 24.3 Å². The molecule has 1 N–H and O–H groups in total. The Morgan fingerprint density at radius 2 is 1.86 bits per heavy atom. The molecule has 35 heavy (non-hydrogen) atoms. The maximum Gasteiger partial charge on any atom is 0.291 e. The molecule has 6 rings (SSSR count). The first kappa shape index (κ1) is 23.2. The minimum absolute atomic E-state index is 0.0539. The summed E-state index contributed by atoms with van der Waals surface area (Å²) < 4.78 is 68.0. The number of anilines is 1. The Bertz CT molecular complexity index is 1370. The van der Waals surface area contributed by atoms with Gasteiger partial charge < -0.3 is 14.4 Å². The number of imidazole rings is 1. The first-order valence-corrected chi connectivity index (χ1v) is 13.5. The molecule has 3 fully saturated rings. The average molecular weight is 527 g/mol. The number of sulfonamides is 1. The first-order chi connectivity index (χ1) is 16.7. The summed E-state index contributed by atoms with van der Waals surface area (Å²) in [5, 5.41) is 7.22. The highest BCUT2D eigenvalue weighted by Crippen LogP contribution is 2.41. The SMILES string of the molecule is CC1(NS(=O)(=O)c2cc(N3CCC4(CC3)COC4)c3cnc(-c4nnc(C(F)F)s4)n3c2)COC1. The lowest BCUT2D eigenvalue weighted by Gasteiger charge is -2.48. The second-order valence-corrected chi connectivity index (χ2v) is 12.5. The summed E-state index contributed by atoms with van der Waals surface area (Å²) in [5.41, 5.74) is 0.918. The van der Waals surface area contributed by atoms with E-state index in [2.05, 4.69) is 24.8 Å². The summed E-state index contributed by atoms with van der Waals surface area (Å²) >= 11 is 0.737. The highest BCUT2D eigenvalue weighted by Gasteiger charge is 2.42. The molecule has 0 unspecified atom stereocenters. The third-order valence-corrected chi connectivity index (χ3v) is 9.46. The van der Waals surface area contributed by atoms with Crippen LogP contribution in [0.2, 0.25) is 0 Å². The van der Waals surface area contributed by atoms with Gasteiger partial charge in [-0.2, -0.15) is 0 Å². The maximum atomic E-state index is 13.4. The molecule has 10 nitrogen and oxygen atoms in total. The van der Waals surface area contributed by atoms with Gasteiger partial charge in [0, 0.05) is 24.7 Å². The van der Waals surface area contributed by atoms with E-state index in [1.54, 1.807) is 23.6 Å². The van der Waals surface area contributed by atoms with Crippen molar-refractivity contribution in [3.63, 3.8) is 0 Å². The smallest absolute Gasteiger partial charge is 0.291 e. The monoisotopic (exact) mass is 526 g/mol. The van der Waals surface area contributed by atoms with Crippen LogP contribution < -0.4 is 9.62 Å². The average Bonchev–Trinajstić information content (AvgIpc) is 3.43. The molecule has 0 aromatic carbocycles. The van der Waals surface area contributed by atoms with Crippen LogP contribution in [0.15, 0.2) is 23.4 Å². The van der Waals surface area contributed by atoms with Crippen molar-refractivity contribution in [2.24, 2.45) is 5.41 Å². The first-order valence-electron chi connectivity index (χ1n) is 11.2. The zero-order valence-corrected chi connectivity index (χ0v) is 20.5. The third-order valence-electron chi connectivity index (χ3n) is 6.93. The number of nitrogens with one attached hydrogen (secondary N) is 1. The van der Waals surface area contributed by atoms with Gasteiger partial charge in [-0.25, -0.2) is 26.9 Å². The minimum atomic E-state index is -3.91. The van der Waals surface area contributed by atoms with Crippen molar-refractivity contribution in [2.45, 2.75) is 36.6 Å². The Kier molecular flexibility index (Phi) is 5.38. The molecule has 3 aromatic heterocycles. The summed E-state index contributed by atoms with van der Waals surface area (Å²) in [6, 6.07) is 1.66. The van der Waals surface area contributed by atoms with Crippen LogP contribution in [0, 0.1) is 5.41 Å². The summed E-state index contributed by atoms with van der Waals surface area (Å²) in [6.07, 6.45) is 2.22. The van der Waals surface area contributed by atoms with Gasteiger partial charge in [0.2, 0.25) is 10.0 Å². The van der Waals surface area contributed by atoms with Crippen LogP contribution in [-0.2, 0) is 19.5 Å². The quantitative estimate of drug-likeness (QED) is 0.522. The van der Waals surface area contributed by atoms with E-state index in [4.69, 9.17) is 9.47 Å². The number of fused-ring (bicyclic) bond motifs is 1. The van der Waals surface area contributed by atoms with Gasteiger partial charge in [0.15, 0.2) is 15.8 Å². The fraction of sp³-hybridized carbons (Fsp3) is 0.571. The van der Waals surface area contributed by atoms with Crippen molar-refractivity contribution in [2.75, 3.05) is 44.4 Å². The molecule has 6 heterocycles. The predicted octanol–water partition coefficient (Wildman–Crippen LogP) is 2.47. The van der Waals surface area contributed by atoms with Crippen LogP contribution in [0.5, 0.6) is 0 Å². The number of piperidine rings is 1. The second kappa shape index (κ2) is 8.13. The second-order valence-electron chi connectivity index (χ2n) is 9.78. The van der Waals surface area contributed by atoms with Crippen molar-refractivity contribution in [1.29, 1.82) is 0 Å². The van der Waals surface area contributed by atoms with E-state index in [-0.39, 0.29) is 34.4 Å². The highest BCUT2D eigenvalue weighted by molar-refractivity contribution is 7.89. The lowest BCUT2D eigenvalue weighted by Crippen LogP contribution is -2.59. The zero-order chi connectivity index (χ0) is 24.4. The maximum absolute atomic E-state index is 13.4. The van der Waals surface area contributed by atoms with Gasteiger partial charge in [-0.1, -0.05) is 11.3 Å². The molecule has 3 aromatic rings. The van der Waals surface area contributed by atoms with Crippen LogP contribution in [-0.4, -0.2) is 73.1 Å². The normalized spacial score (nSPS) is 21.4. The van der Waals surface area contributed by atoms with Crippen molar-refractivity contribution < 1.29 is 26.7 Å². The Hall–Kier alpha value is -2.26. The van der Waals surface area contributed by atoms with Gasteiger partial charge in [-0.05, 0) is 25.8 Å². The fourth-order valence-electron chi connectivity index (χ4n) is 4.78. The number of halogens is 2. The number of ether oxygens (including phenoxy) is 2. The number of nitrogens with zero attached hydrogens (tertiary/aromatic N) is 5. The highest BCUT2D eigenvalue weighted by atomic mass is 32.2. The van der Waals surface area contributed by atoms with E-state index in [1.165, 1.54) is 6.20 Å². The van der Waals surface area contributed by atoms with Crippen LogP contribution >= 0.6 is 11.3 Å². The van der Waals surface area contributed by atoms with Crippen LogP contribution in [0.4, 0.5) is 14.5 Å². The van der Waals surface area contributed by atoms with Gasteiger partial charge >= 0.3 is 0 Å². The van der Waals surface area contributed by atoms with Crippen LogP contribution in [0.1, 0.15) is 31.2 Å². The molecule has 188 valence electrons. The van der Waals surface area contributed by atoms with E-state index in [1.807, 2.05) is 0 Å². The topological polar surface area (TPSA) is 111 Å². The van der Waals surface area contributed by atoms with Crippen LogP contribution in [0.3, 0.4) is 0 Å². The number of hydrogen-bond donors (Lipinski definition) is 1. The van der Waals surface area contributed by atoms with Crippen molar-refractivity contribution >= 4 is 32.6 Å². The molecule has 0 atom stereocenters. The van der Waals surface area contributed by atoms with Gasteiger partial charge in [0.25, 0.3) is 6.43 Å². The van der Waals surface area contributed by atoms with E-state index in [0.29, 0.717) is 5.52 Å². The molecule has 0 bridgehead atoms. The fourth-order valence-corrected chi connectivity index (χ4v) is 6.87. The summed E-state index contributed by atoms with van der Waals surface area (Å²) in [5.74, 6) is 0.266. The molecule has 0 saturated carbocycles. The Morgan fingerprint density at radius 3 is 2.43 bits per heavy atom. The number of hydrogen-bond acceptors (Lipinski definition) is 9. The molecule has 3 aliphatic rings. The van der Waals surface area contributed by atoms with Crippen molar-refractivity contribution in [3.05, 3.63) is 23.5 Å². The molecule has 3 saturated heterocycles. The van der Waals surface area contributed by atoms with E-state index < -0.39 is 27.0 Å². The van der Waals surface area contributed by atoms with Gasteiger partial charge in [-0.3, -0.25) is 4.40 Å². The molecule has 1 spiro atoms. The molecule has 3 aliphatic heterocycles.